The molecule has 4 rings (SSSR count). The van der Waals surface area contributed by atoms with Gasteiger partial charge < -0.3 is 25.0 Å². The Balaban J connectivity index is 1.53. The first-order chi connectivity index (χ1) is 17.0. The van der Waals surface area contributed by atoms with Crippen LogP contribution in [-0.2, 0) is 16.0 Å². The molecule has 0 bridgehead atoms. The number of piperazine rings is 1. The van der Waals surface area contributed by atoms with Gasteiger partial charge in [0.2, 0.25) is 0 Å². The molecule has 8 nitrogen and oxygen atoms in total. The first kappa shape index (κ1) is 24.6. The number of esters is 1. The molecule has 2 N–H and O–H groups in total. The van der Waals surface area contributed by atoms with Crippen LogP contribution >= 0.6 is 0 Å². The molecular formula is C27H34N4O4. The van der Waals surface area contributed by atoms with Gasteiger partial charge in [0.1, 0.15) is 5.75 Å². The van der Waals surface area contributed by atoms with Crippen molar-refractivity contribution in [1.82, 2.24) is 15.5 Å². The summed E-state index contributed by atoms with van der Waals surface area (Å²) < 4.78 is 10.9. The fourth-order valence-corrected chi connectivity index (χ4v) is 4.66. The number of hydrogen-bond acceptors (Lipinski definition) is 6. The average molecular weight is 479 g/mol. The van der Waals surface area contributed by atoms with Gasteiger partial charge >= 0.3 is 12.0 Å². The zero-order valence-corrected chi connectivity index (χ0v) is 20.7. The summed E-state index contributed by atoms with van der Waals surface area (Å²) in [6.07, 6.45) is 0.921. The van der Waals surface area contributed by atoms with Gasteiger partial charge in [-0.2, -0.15) is 0 Å². The molecule has 2 heterocycles. The van der Waals surface area contributed by atoms with Crippen LogP contribution in [0.3, 0.4) is 0 Å². The number of ether oxygens (including phenoxy) is 2. The zero-order valence-electron chi connectivity index (χ0n) is 20.7. The number of methoxy groups -OCH3 is 1. The van der Waals surface area contributed by atoms with E-state index in [4.69, 9.17) is 9.47 Å². The van der Waals surface area contributed by atoms with Gasteiger partial charge in [-0.15, -0.1) is 0 Å². The number of urea groups is 1. The molecular weight excluding hydrogens is 444 g/mol. The molecule has 0 aliphatic carbocycles. The minimum atomic E-state index is -0.559. The van der Waals surface area contributed by atoms with Crippen molar-refractivity contribution in [3.8, 4) is 5.75 Å². The molecule has 0 spiro atoms. The summed E-state index contributed by atoms with van der Waals surface area (Å²) in [6.45, 7) is 8.38. The number of nitrogens with one attached hydrogen (secondary N) is 2. The van der Waals surface area contributed by atoms with Crippen LogP contribution in [0, 0.1) is 0 Å². The Morgan fingerprint density at radius 1 is 1.03 bits per heavy atom. The lowest BCUT2D eigenvalue weighted by molar-refractivity contribution is -0.136. The number of aryl methyl sites for hydroxylation is 1. The van der Waals surface area contributed by atoms with Gasteiger partial charge in [-0.1, -0.05) is 43.3 Å². The lowest BCUT2D eigenvalue weighted by atomic mass is 9.94. The van der Waals surface area contributed by atoms with E-state index in [-0.39, 0.29) is 6.03 Å². The van der Waals surface area contributed by atoms with Crippen LogP contribution in [0.5, 0.6) is 5.75 Å². The van der Waals surface area contributed by atoms with Crippen LogP contribution in [0.25, 0.3) is 0 Å². The minimum Gasteiger partial charge on any atom is -0.492 e. The summed E-state index contributed by atoms with van der Waals surface area (Å²) in [7, 11) is 1.37. The van der Waals surface area contributed by atoms with Gasteiger partial charge in [0.25, 0.3) is 0 Å². The molecule has 0 aromatic heterocycles. The van der Waals surface area contributed by atoms with Crippen molar-refractivity contribution in [2.24, 2.45) is 0 Å². The van der Waals surface area contributed by atoms with Crippen LogP contribution in [0.4, 0.5) is 10.5 Å². The van der Waals surface area contributed by atoms with Gasteiger partial charge in [0.15, 0.2) is 0 Å². The van der Waals surface area contributed by atoms with Gasteiger partial charge in [0, 0.05) is 38.4 Å². The van der Waals surface area contributed by atoms with Gasteiger partial charge in [0.05, 0.1) is 31.0 Å². The van der Waals surface area contributed by atoms with E-state index in [1.807, 2.05) is 49.4 Å². The Morgan fingerprint density at radius 2 is 1.74 bits per heavy atom. The molecule has 0 unspecified atom stereocenters. The minimum absolute atomic E-state index is 0.318. The van der Waals surface area contributed by atoms with Crippen molar-refractivity contribution in [2.75, 3.05) is 51.3 Å². The third kappa shape index (κ3) is 5.59. The van der Waals surface area contributed by atoms with Crippen molar-refractivity contribution < 1.29 is 19.1 Å². The molecule has 2 aromatic carbocycles. The Bertz CT molecular complexity index is 1070. The van der Waals surface area contributed by atoms with Gasteiger partial charge in [-0.25, -0.2) is 9.59 Å². The summed E-state index contributed by atoms with van der Waals surface area (Å²) >= 11 is 0. The van der Waals surface area contributed by atoms with E-state index in [1.165, 1.54) is 12.7 Å². The van der Waals surface area contributed by atoms with Crippen LogP contribution in [0.2, 0.25) is 0 Å². The number of rotatable bonds is 8. The highest BCUT2D eigenvalue weighted by molar-refractivity contribution is 5.95. The number of para-hydroxylation sites is 2. The highest BCUT2D eigenvalue weighted by Crippen LogP contribution is 2.30. The van der Waals surface area contributed by atoms with Crippen LogP contribution < -0.4 is 20.3 Å². The predicted molar refractivity (Wildman–Crippen MR) is 136 cm³/mol. The monoisotopic (exact) mass is 478 g/mol. The Labute approximate surface area is 206 Å². The largest absolute Gasteiger partial charge is 0.492 e. The van der Waals surface area contributed by atoms with E-state index in [0.717, 1.165) is 49.6 Å². The maximum absolute atomic E-state index is 12.9. The topological polar surface area (TPSA) is 83.1 Å². The van der Waals surface area contributed by atoms with Gasteiger partial charge in [-0.3, -0.25) is 4.90 Å². The third-order valence-electron chi connectivity index (χ3n) is 6.54. The fraction of sp³-hybridized carbons (Fsp3) is 0.407. The maximum atomic E-state index is 12.9. The van der Waals surface area contributed by atoms with Crippen molar-refractivity contribution in [1.29, 1.82) is 0 Å². The van der Waals surface area contributed by atoms with Crippen molar-refractivity contribution >= 4 is 17.7 Å². The number of amides is 2. The summed E-state index contributed by atoms with van der Waals surface area (Å²) in [5, 5.41) is 5.77. The van der Waals surface area contributed by atoms with Crippen molar-refractivity contribution in [2.45, 2.75) is 26.3 Å². The van der Waals surface area contributed by atoms with Gasteiger partial charge in [-0.05, 0) is 36.6 Å². The highest BCUT2D eigenvalue weighted by Gasteiger charge is 2.34. The molecule has 35 heavy (non-hydrogen) atoms. The Morgan fingerprint density at radius 3 is 2.40 bits per heavy atom. The van der Waals surface area contributed by atoms with E-state index in [2.05, 4.69) is 33.4 Å². The van der Waals surface area contributed by atoms with E-state index in [1.54, 1.807) is 0 Å². The standard InChI is InChI=1S/C27H34N4O4/c1-4-19-10-12-20(13-11-19)25-24(26(32)34-3)21(28-27(33)29-25)18-30-14-16-31(17-15-30)22-8-6-7-9-23(22)35-5-2/h6-13,25H,4-5,14-18H2,1-3H3,(H2,28,29,33)/t25-/m0/s1. The lowest BCUT2D eigenvalue weighted by Gasteiger charge is -2.38. The number of nitrogens with zero attached hydrogens (tertiary/aromatic N) is 2. The van der Waals surface area contributed by atoms with Crippen LogP contribution in [-0.4, -0.2) is 63.3 Å². The number of anilines is 1. The predicted octanol–water partition coefficient (Wildman–Crippen LogP) is 3.25. The van der Waals surface area contributed by atoms with E-state index in [0.29, 0.717) is 24.4 Å². The second-order valence-electron chi connectivity index (χ2n) is 8.67. The first-order valence-electron chi connectivity index (χ1n) is 12.2. The smallest absolute Gasteiger partial charge is 0.338 e. The van der Waals surface area contributed by atoms with E-state index >= 15 is 0 Å². The molecule has 0 saturated carbocycles. The van der Waals surface area contributed by atoms with E-state index in [9.17, 15) is 9.59 Å². The summed E-state index contributed by atoms with van der Waals surface area (Å²) in [6, 6.07) is 15.2. The molecule has 2 aromatic rings. The molecule has 0 radical (unpaired) electrons. The van der Waals surface area contributed by atoms with Crippen LogP contribution in [0.15, 0.2) is 59.8 Å². The number of carbonyl (C=O) groups is 2. The second kappa shape index (κ2) is 11.3. The summed E-state index contributed by atoms with van der Waals surface area (Å²) in [5.74, 6) is 0.447. The second-order valence-corrected chi connectivity index (χ2v) is 8.67. The summed E-state index contributed by atoms with van der Waals surface area (Å²) in [5.41, 5.74) is 4.18. The third-order valence-corrected chi connectivity index (χ3v) is 6.54. The highest BCUT2D eigenvalue weighted by atomic mass is 16.5. The molecule has 8 heteroatoms. The molecule has 1 fully saturated rings. The zero-order chi connectivity index (χ0) is 24.8. The molecule has 2 amide bonds. The molecule has 1 saturated heterocycles. The Kier molecular flexibility index (Phi) is 7.92. The first-order valence-corrected chi connectivity index (χ1v) is 12.2. The number of hydrogen-bond donors (Lipinski definition) is 2. The normalized spacial score (nSPS) is 18.7. The SMILES string of the molecule is CCOc1ccccc1N1CCN(CC2=C(C(=O)OC)[C@H](c3ccc(CC)cc3)NC(=O)N2)CC1. The quantitative estimate of drug-likeness (QED) is 0.567. The van der Waals surface area contributed by atoms with Crippen molar-refractivity contribution in [3.63, 3.8) is 0 Å². The van der Waals surface area contributed by atoms with Crippen LogP contribution in [0.1, 0.15) is 31.0 Å². The molecule has 1 atom stereocenters. The molecule has 186 valence electrons. The molecule has 2 aliphatic heterocycles. The fourth-order valence-electron chi connectivity index (χ4n) is 4.66. The number of carbonyl (C=O) groups excluding carboxylic acids is 2. The maximum Gasteiger partial charge on any atom is 0.338 e. The summed E-state index contributed by atoms with van der Waals surface area (Å²) in [4.78, 5) is 30.0. The lowest BCUT2D eigenvalue weighted by Crippen LogP contribution is -2.51. The number of benzene rings is 2. The van der Waals surface area contributed by atoms with Crippen molar-refractivity contribution in [3.05, 3.63) is 70.9 Å². The Hall–Kier alpha value is -3.52. The van der Waals surface area contributed by atoms with E-state index < -0.39 is 12.0 Å². The average Bonchev–Trinajstić information content (AvgIpc) is 2.89. The molecule has 2 aliphatic rings.